The SMILES string of the molecule is COc1cc(CC#N)nc(OC(F)(F)F)c1CF. The summed E-state index contributed by atoms with van der Waals surface area (Å²) in [7, 11) is 1.17. The second-order valence-electron chi connectivity index (χ2n) is 3.12. The van der Waals surface area contributed by atoms with E-state index in [2.05, 4.69) is 9.72 Å². The summed E-state index contributed by atoms with van der Waals surface area (Å²) in [5.74, 6) is -1.08. The fourth-order valence-corrected chi connectivity index (χ4v) is 1.24. The number of halogens is 4. The van der Waals surface area contributed by atoms with Gasteiger partial charge in [0.2, 0.25) is 5.88 Å². The number of methoxy groups -OCH3 is 1. The highest BCUT2D eigenvalue weighted by molar-refractivity contribution is 5.42. The van der Waals surface area contributed by atoms with Gasteiger partial charge in [0, 0.05) is 6.07 Å². The number of rotatable bonds is 4. The zero-order chi connectivity index (χ0) is 13.8. The van der Waals surface area contributed by atoms with E-state index in [9.17, 15) is 17.6 Å². The number of nitrogens with zero attached hydrogens (tertiary/aromatic N) is 2. The Bertz CT molecular complexity index is 468. The van der Waals surface area contributed by atoms with Crippen molar-refractivity contribution in [2.45, 2.75) is 19.5 Å². The van der Waals surface area contributed by atoms with Gasteiger partial charge in [-0.15, -0.1) is 13.2 Å². The molecule has 0 spiro atoms. The van der Waals surface area contributed by atoms with Gasteiger partial charge in [-0.3, -0.25) is 0 Å². The highest BCUT2D eigenvalue weighted by Crippen LogP contribution is 2.32. The molecule has 0 aliphatic heterocycles. The maximum Gasteiger partial charge on any atom is 0.574 e. The molecule has 0 fully saturated rings. The first-order valence-corrected chi connectivity index (χ1v) is 4.66. The van der Waals surface area contributed by atoms with Crippen LogP contribution in [0.15, 0.2) is 6.07 Å². The van der Waals surface area contributed by atoms with Crippen molar-refractivity contribution in [1.82, 2.24) is 4.98 Å². The second-order valence-corrected chi connectivity index (χ2v) is 3.12. The zero-order valence-electron chi connectivity index (χ0n) is 9.21. The molecule has 0 N–H and O–H groups in total. The lowest BCUT2D eigenvalue weighted by Crippen LogP contribution is -2.19. The summed E-state index contributed by atoms with van der Waals surface area (Å²) in [6.07, 6.45) is -5.23. The minimum absolute atomic E-state index is 0.00537. The summed E-state index contributed by atoms with van der Waals surface area (Å²) in [5, 5.41) is 8.47. The maximum absolute atomic E-state index is 12.7. The van der Waals surface area contributed by atoms with Crippen molar-refractivity contribution in [3.8, 4) is 17.7 Å². The molecular formula is C10H8F4N2O2. The highest BCUT2D eigenvalue weighted by Gasteiger charge is 2.34. The third kappa shape index (κ3) is 3.48. The van der Waals surface area contributed by atoms with Crippen molar-refractivity contribution in [3.05, 3.63) is 17.3 Å². The molecule has 1 rings (SSSR count). The first kappa shape index (κ1) is 14.0. The average Bonchev–Trinajstić information content (AvgIpc) is 2.26. The molecule has 0 saturated heterocycles. The van der Waals surface area contributed by atoms with Crippen molar-refractivity contribution < 1.29 is 27.0 Å². The lowest BCUT2D eigenvalue weighted by molar-refractivity contribution is -0.276. The first-order valence-electron chi connectivity index (χ1n) is 4.66. The van der Waals surface area contributed by atoms with Crippen LogP contribution in [-0.4, -0.2) is 18.5 Å². The molecule has 18 heavy (non-hydrogen) atoms. The Morgan fingerprint density at radius 1 is 1.44 bits per heavy atom. The predicted octanol–water partition coefficient (Wildman–Crippen LogP) is 2.52. The van der Waals surface area contributed by atoms with Crippen LogP contribution in [0.3, 0.4) is 0 Å². The molecule has 0 aromatic carbocycles. The smallest absolute Gasteiger partial charge is 0.496 e. The molecule has 0 atom stereocenters. The second kappa shape index (κ2) is 5.53. The lowest BCUT2D eigenvalue weighted by Gasteiger charge is -2.14. The topological polar surface area (TPSA) is 55.1 Å². The van der Waals surface area contributed by atoms with Crippen molar-refractivity contribution >= 4 is 0 Å². The average molecular weight is 264 g/mol. The van der Waals surface area contributed by atoms with Gasteiger partial charge < -0.3 is 9.47 Å². The normalized spacial score (nSPS) is 10.9. The van der Waals surface area contributed by atoms with Crippen molar-refractivity contribution in [3.63, 3.8) is 0 Å². The molecule has 0 aliphatic carbocycles. The highest BCUT2D eigenvalue weighted by atomic mass is 19.4. The van der Waals surface area contributed by atoms with Crippen molar-refractivity contribution in [2.75, 3.05) is 7.11 Å². The Morgan fingerprint density at radius 2 is 2.11 bits per heavy atom. The van der Waals surface area contributed by atoms with Gasteiger partial charge in [0.05, 0.1) is 30.9 Å². The number of alkyl halides is 4. The largest absolute Gasteiger partial charge is 0.574 e. The minimum Gasteiger partial charge on any atom is -0.496 e. The third-order valence-electron chi connectivity index (χ3n) is 1.92. The molecular weight excluding hydrogens is 256 g/mol. The van der Waals surface area contributed by atoms with Crippen LogP contribution in [0.4, 0.5) is 17.6 Å². The molecule has 0 saturated carbocycles. The summed E-state index contributed by atoms with van der Waals surface area (Å²) >= 11 is 0. The predicted molar refractivity (Wildman–Crippen MR) is 51.6 cm³/mol. The Hall–Kier alpha value is -2.04. The van der Waals surface area contributed by atoms with Gasteiger partial charge in [-0.2, -0.15) is 5.26 Å². The van der Waals surface area contributed by atoms with Crippen LogP contribution in [0.1, 0.15) is 11.3 Å². The molecule has 1 heterocycles. The van der Waals surface area contributed by atoms with E-state index in [-0.39, 0.29) is 17.9 Å². The molecule has 0 radical (unpaired) electrons. The summed E-state index contributed by atoms with van der Waals surface area (Å²) in [6.45, 7) is -1.23. The van der Waals surface area contributed by atoms with Gasteiger partial charge in [0.25, 0.3) is 0 Å². The fourth-order valence-electron chi connectivity index (χ4n) is 1.24. The summed E-state index contributed by atoms with van der Waals surface area (Å²) in [5.41, 5.74) is -0.442. The maximum atomic E-state index is 12.7. The molecule has 0 amide bonds. The standard InChI is InChI=1S/C10H8F4N2O2/c1-17-8-4-6(2-3-15)16-9(7(8)5-11)18-10(12,13)14/h4H,2,5H2,1H3. The van der Waals surface area contributed by atoms with Gasteiger partial charge in [-0.1, -0.05) is 0 Å². The zero-order valence-corrected chi connectivity index (χ0v) is 9.21. The number of aromatic nitrogens is 1. The van der Waals surface area contributed by atoms with Crippen LogP contribution in [0.2, 0.25) is 0 Å². The Balaban J connectivity index is 3.27. The number of hydrogen-bond acceptors (Lipinski definition) is 4. The molecule has 1 aromatic heterocycles. The van der Waals surface area contributed by atoms with Gasteiger partial charge in [0.15, 0.2) is 0 Å². The van der Waals surface area contributed by atoms with Gasteiger partial charge >= 0.3 is 6.36 Å². The van der Waals surface area contributed by atoms with Gasteiger partial charge in [-0.25, -0.2) is 9.37 Å². The van der Waals surface area contributed by atoms with Crippen LogP contribution in [-0.2, 0) is 13.1 Å². The molecule has 0 bridgehead atoms. The third-order valence-corrected chi connectivity index (χ3v) is 1.92. The summed E-state index contributed by atoms with van der Waals surface area (Å²) in [4.78, 5) is 3.44. The van der Waals surface area contributed by atoms with Crippen molar-refractivity contribution in [2.24, 2.45) is 0 Å². The number of nitriles is 1. The molecule has 4 nitrogen and oxygen atoms in total. The lowest BCUT2D eigenvalue weighted by atomic mass is 10.2. The van der Waals surface area contributed by atoms with Crippen molar-refractivity contribution in [1.29, 1.82) is 5.26 Å². The molecule has 1 aromatic rings. The van der Waals surface area contributed by atoms with E-state index in [0.717, 1.165) is 0 Å². The number of pyridine rings is 1. The van der Waals surface area contributed by atoms with E-state index >= 15 is 0 Å². The molecule has 8 heteroatoms. The number of hydrogen-bond donors (Lipinski definition) is 0. The van der Waals surface area contributed by atoms with Crippen LogP contribution >= 0.6 is 0 Å². The molecule has 98 valence electrons. The molecule has 0 unspecified atom stereocenters. The van der Waals surface area contributed by atoms with E-state index in [1.165, 1.54) is 13.2 Å². The number of ether oxygens (including phenoxy) is 2. The molecule has 0 aliphatic rings. The summed E-state index contributed by atoms with van der Waals surface area (Å²) in [6, 6.07) is 2.91. The Morgan fingerprint density at radius 3 is 2.56 bits per heavy atom. The first-order chi connectivity index (χ1) is 8.41. The van der Waals surface area contributed by atoms with E-state index in [1.54, 1.807) is 6.07 Å². The van der Waals surface area contributed by atoms with E-state index in [1.807, 2.05) is 0 Å². The van der Waals surface area contributed by atoms with Gasteiger partial charge in [0.1, 0.15) is 12.4 Å². The van der Waals surface area contributed by atoms with E-state index in [4.69, 9.17) is 10.00 Å². The minimum atomic E-state index is -4.99. The van der Waals surface area contributed by atoms with Crippen LogP contribution < -0.4 is 9.47 Å². The fraction of sp³-hybridized carbons (Fsp3) is 0.400. The Labute approximate surface area is 99.8 Å². The van der Waals surface area contributed by atoms with E-state index in [0.29, 0.717) is 0 Å². The van der Waals surface area contributed by atoms with Gasteiger partial charge in [-0.05, 0) is 0 Å². The monoisotopic (exact) mass is 264 g/mol. The quantitative estimate of drug-likeness (QED) is 0.784. The Kier molecular flexibility index (Phi) is 4.31. The summed E-state index contributed by atoms with van der Waals surface area (Å²) < 4.78 is 57.4. The van der Waals surface area contributed by atoms with Crippen LogP contribution in [0.5, 0.6) is 11.6 Å². The van der Waals surface area contributed by atoms with Crippen LogP contribution in [0, 0.1) is 11.3 Å². The van der Waals surface area contributed by atoms with E-state index < -0.39 is 24.5 Å². The van der Waals surface area contributed by atoms with Crippen LogP contribution in [0.25, 0.3) is 0 Å².